The maximum Gasteiger partial charge on any atom is 0.310 e. The molecular formula is C37H40N4O3S. The van der Waals surface area contributed by atoms with E-state index in [9.17, 15) is 9.90 Å². The molecular weight excluding hydrogens is 580 g/mol. The van der Waals surface area contributed by atoms with Crippen LogP contribution in [0.4, 0.5) is 5.69 Å². The third-order valence-electron chi connectivity index (χ3n) is 7.83. The molecule has 232 valence electrons. The molecule has 0 radical (unpaired) electrons. The Bertz CT molecular complexity index is 1730. The number of aliphatic carboxylic acids is 1. The zero-order chi connectivity index (χ0) is 32.0. The zero-order valence-corrected chi connectivity index (χ0v) is 27.3. The number of aromatic nitrogens is 3. The molecule has 5 rings (SSSR count). The number of anilines is 1. The minimum absolute atomic E-state index is 0.0895. The SMILES string of the molecule is CCC(C(=O)O)c1ccc(NCc2ccc(Sc3nnc(-c4ccc(C(C)(C)C)cc4)n3C)cc2OCc2ccccc2)cc1. The average Bonchev–Trinajstić information content (AvgIpc) is 3.39. The van der Waals surface area contributed by atoms with Crippen molar-refractivity contribution in [3.05, 3.63) is 119 Å². The second kappa shape index (κ2) is 14.0. The molecule has 8 heteroatoms. The number of benzene rings is 4. The third-order valence-corrected chi connectivity index (χ3v) is 8.86. The lowest BCUT2D eigenvalue weighted by atomic mass is 9.87. The number of nitrogens with zero attached hydrogens (tertiary/aromatic N) is 3. The number of hydrogen-bond acceptors (Lipinski definition) is 6. The summed E-state index contributed by atoms with van der Waals surface area (Å²) >= 11 is 1.55. The Hall–Kier alpha value is -4.56. The summed E-state index contributed by atoms with van der Waals surface area (Å²) in [5.74, 6) is 0.300. The molecule has 0 aliphatic rings. The van der Waals surface area contributed by atoms with Crippen molar-refractivity contribution >= 4 is 23.4 Å². The molecule has 1 aromatic heterocycles. The van der Waals surface area contributed by atoms with Gasteiger partial charge in [0.05, 0.1) is 5.92 Å². The first kappa shape index (κ1) is 31.9. The van der Waals surface area contributed by atoms with Gasteiger partial charge in [0, 0.05) is 35.3 Å². The first-order chi connectivity index (χ1) is 21.6. The van der Waals surface area contributed by atoms with E-state index in [1.165, 1.54) is 5.56 Å². The highest BCUT2D eigenvalue weighted by molar-refractivity contribution is 7.99. The van der Waals surface area contributed by atoms with Crippen LogP contribution < -0.4 is 10.1 Å². The van der Waals surface area contributed by atoms with Crippen molar-refractivity contribution in [2.24, 2.45) is 7.05 Å². The van der Waals surface area contributed by atoms with E-state index in [0.29, 0.717) is 19.6 Å². The molecule has 0 saturated carbocycles. The smallest absolute Gasteiger partial charge is 0.310 e. The normalized spacial score (nSPS) is 12.1. The van der Waals surface area contributed by atoms with Gasteiger partial charge in [0.1, 0.15) is 12.4 Å². The molecule has 2 N–H and O–H groups in total. The minimum Gasteiger partial charge on any atom is -0.489 e. The Kier molecular flexibility index (Phi) is 9.93. The van der Waals surface area contributed by atoms with Crippen LogP contribution in [0.1, 0.15) is 62.3 Å². The second-order valence-corrected chi connectivity index (χ2v) is 13.2. The van der Waals surface area contributed by atoms with Crippen LogP contribution in [-0.2, 0) is 30.4 Å². The molecule has 45 heavy (non-hydrogen) atoms. The van der Waals surface area contributed by atoms with Crippen molar-refractivity contribution in [2.45, 2.75) is 68.7 Å². The van der Waals surface area contributed by atoms with Crippen molar-refractivity contribution in [3.8, 4) is 17.1 Å². The first-order valence-electron chi connectivity index (χ1n) is 15.2. The molecule has 7 nitrogen and oxygen atoms in total. The Balaban J connectivity index is 1.34. The summed E-state index contributed by atoms with van der Waals surface area (Å²) in [7, 11) is 1.99. The lowest BCUT2D eigenvalue weighted by Crippen LogP contribution is -2.10. The van der Waals surface area contributed by atoms with Gasteiger partial charge >= 0.3 is 5.97 Å². The first-order valence-corrected chi connectivity index (χ1v) is 16.0. The van der Waals surface area contributed by atoms with E-state index >= 15 is 0 Å². The Morgan fingerprint density at radius 2 is 1.67 bits per heavy atom. The number of carbonyl (C=O) groups is 1. The molecule has 4 aromatic carbocycles. The molecule has 0 bridgehead atoms. The van der Waals surface area contributed by atoms with E-state index in [2.05, 4.69) is 78.7 Å². The monoisotopic (exact) mass is 620 g/mol. The Morgan fingerprint density at radius 3 is 2.31 bits per heavy atom. The van der Waals surface area contributed by atoms with E-state index < -0.39 is 11.9 Å². The quantitative estimate of drug-likeness (QED) is 0.144. The summed E-state index contributed by atoms with van der Waals surface area (Å²) in [5.41, 5.74) is 6.21. The highest BCUT2D eigenvalue weighted by Crippen LogP contribution is 2.34. The van der Waals surface area contributed by atoms with Gasteiger partial charge in [0.25, 0.3) is 0 Å². The lowest BCUT2D eigenvalue weighted by Gasteiger charge is -2.19. The summed E-state index contributed by atoms with van der Waals surface area (Å²) in [6, 6.07) is 32.5. The van der Waals surface area contributed by atoms with Crippen molar-refractivity contribution < 1.29 is 14.6 Å². The summed E-state index contributed by atoms with van der Waals surface area (Å²) < 4.78 is 8.39. The van der Waals surface area contributed by atoms with Crippen LogP contribution >= 0.6 is 11.8 Å². The van der Waals surface area contributed by atoms with Gasteiger partial charge in [-0.1, -0.05) is 100 Å². The summed E-state index contributed by atoms with van der Waals surface area (Å²) in [6.07, 6.45) is 0.550. The van der Waals surface area contributed by atoms with Crippen molar-refractivity contribution in [2.75, 3.05) is 5.32 Å². The number of ether oxygens (including phenoxy) is 1. The van der Waals surface area contributed by atoms with Crippen molar-refractivity contribution in [3.63, 3.8) is 0 Å². The molecule has 1 atom stereocenters. The largest absolute Gasteiger partial charge is 0.489 e. The van der Waals surface area contributed by atoms with Gasteiger partial charge in [0.15, 0.2) is 11.0 Å². The molecule has 0 amide bonds. The summed E-state index contributed by atoms with van der Waals surface area (Å²) in [4.78, 5) is 12.6. The molecule has 0 fully saturated rings. The molecule has 0 aliphatic carbocycles. The molecule has 5 aromatic rings. The standard InChI is InChI=1S/C37H40N4O3S/c1-6-32(35(42)43)26-14-19-30(20-15-26)38-23-28-16-21-31(22-33(28)44-24-25-10-8-7-9-11-25)45-36-40-39-34(41(36)5)27-12-17-29(18-13-27)37(2,3)4/h7-22,32,38H,6,23-24H2,1-5H3,(H,42,43). The fourth-order valence-electron chi connectivity index (χ4n) is 5.08. The Morgan fingerprint density at radius 1 is 0.956 bits per heavy atom. The summed E-state index contributed by atoms with van der Waals surface area (Å²) in [5, 5.41) is 22.7. The topological polar surface area (TPSA) is 89.3 Å². The maximum atomic E-state index is 11.6. The van der Waals surface area contributed by atoms with E-state index in [-0.39, 0.29) is 5.41 Å². The molecule has 1 heterocycles. The van der Waals surface area contributed by atoms with Gasteiger partial charge in [-0.3, -0.25) is 4.79 Å². The van der Waals surface area contributed by atoms with Crippen LogP contribution in [0.2, 0.25) is 0 Å². The maximum absolute atomic E-state index is 11.6. The number of rotatable bonds is 12. The van der Waals surface area contributed by atoms with Crippen molar-refractivity contribution in [1.82, 2.24) is 14.8 Å². The van der Waals surface area contributed by atoms with E-state index in [1.807, 2.05) is 73.1 Å². The van der Waals surface area contributed by atoms with Crippen LogP contribution in [-0.4, -0.2) is 25.8 Å². The van der Waals surface area contributed by atoms with Crippen LogP contribution in [0, 0.1) is 0 Å². The van der Waals surface area contributed by atoms with Crippen LogP contribution in [0.3, 0.4) is 0 Å². The number of carboxylic acids is 1. The lowest BCUT2D eigenvalue weighted by molar-refractivity contribution is -0.138. The highest BCUT2D eigenvalue weighted by Gasteiger charge is 2.18. The van der Waals surface area contributed by atoms with Gasteiger partial charge in [-0.15, -0.1) is 10.2 Å². The Labute approximate surface area is 269 Å². The predicted octanol–water partition coefficient (Wildman–Crippen LogP) is 8.70. The van der Waals surface area contributed by atoms with E-state index in [0.717, 1.165) is 49.6 Å². The predicted molar refractivity (Wildman–Crippen MR) is 181 cm³/mol. The van der Waals surface area contributed by atoms with Gasteiger partial charge in [0.2, 0.25) is 0 Å². The zero-order valence-electron chi connectivity index (χ0n) is 26.4. The van der Waals surface area contributed by atoms with Gasteiger partial charge in [-0.25, -0.2) is 0 Å². The van der Waals surface area contributed by atoms with E-state index in [1.54, 1.807) is 11.8 Å². The molecule has 0 saturated heterocycles. The van der Waals surface area contributed by atoms with Gasteiger partial charge in [-0.2, -0.15) is 0 Å². The fourth-order valence-corrected chi connectivity index (χ4v) is 5.90. The fraction of sp³-hybridized carbons (Fsp3) is 0.270. The third kappa shape index (κ3) is 7.94. The van der Waals surface area contributed by atoms with Crippen LogP contribution in [0.5, 0.6) is 5.75 Å². The van der Waals surface area contributed by atoms with Crippen LogP contribution in [0.25, 0.3) is 11.4 Å². The van der Waals surface area contributed by atoms with E-state index in [4.69, 9.17) is 4.74 Å². The van der Waals surface area contributed by atoms with Crippen molar-refractivity contribution in [1.29, 1.82) is 0 Å². The second-order valence-electron chi connectivity index (χ2n) is 12.1. The van der Waals surface area contributed by atoms with Gasteiger partial charge < -0.3 is 19.7 Å². The number of hydrogen-bond donors (Lipinski definition) is 2. The summed E-state index contributed by atoms with van der Waals surface area (Å²) in [6.45, 7) is 9.51. The van der Waals surface area contributed by atoms with Gasteiger partial charge in [-0.05, 0) is 64.6 Å². The molecule has 1 unspecified atom stereocenters. The number of carboxylic acid groups (broad SMARTS) is 1. The highest BCUT2D eigenvalue weighted by atomic mass is 32.2. The molecule has 0 aliphatic heterocycles. The average molecular weight is 621 g/mol. The molecule has 0 spiro atoms. The minimum atomic E-state index is -0.802. The number of nitrogens with one attached hydrogen (secondary N) is 1. The van der Waals surface area contributed by atoms with Crippen LogP contribution in [0.15, 0.2) is 107 Å².